The highest BCUT2D eigenvalue weighted by Gasteiger charge is 2.26. The summed E-state index contributed by atoms with van der Waals surface area (Å²) < 4.78 is 0. The molecule has 2 rings (SSSR count). The highest BCUT2D eigenvalue weighted by molar-refractivity contribution is 5.80. The van der Waals surface area contributed by atoms with Gasteiger partial charge in [0, 0.05) is 19.1 Å². The number of amides is 1. The highest BCUT2D eigenvalue weighted by Crippen LogP contribution is 2.26. The summed E-state index contributed by atoms with van der Waals surface area (Å²) in [6.45, 7) is 0.970. The molecule has 18 heavy (non-hydrogen) atoms. The lowest BCUT2D eigenvalue weighted by molar-refractivity contribution is -0.124. The topological polar surface area (TPSA) is 49.3 Å². The van der Waals surface area contributed by atoms with Crippen molar-refractivity contribution < 1.29 is 9.90 Å². The average Bonchev–Trinajstić information content (AvgIpc) is 2.82. The molecule has 0 fully saturated rings. The van der Waals surface area contributed by atoms with Crippen molar-refractivity contribution >= 4 is 5.91 Å². The summed E-state index contributed by atoms with van der Waals surface area (Å²) in [4.78, 5) is 12.0. The van der Waals surface area contributed by atoms with E-state index in [1.807, 2.05) is 12.1 Å². The Morgan fingerprint density at radius 3 is 2.44 bits per heavy atom. The fourth-order valence-corrected chi connectivity index (χ4v) is 2.51. The van der Waals surface area contributed by atoms with E-state index in [1.165, 1.54) is 11.1 Å². The minimum atomic E-state index is 0.111. The Labute approximate surface area is 108 Å². The van der Waals surface area contributed by atoms with E-state index >= 15 is 0 Å². The molecule has 1 aliphatic carbocycles. The summed E-state index contributed by atoms with van der Waals surface area (Å²) in [6.07, 6.45) is 4.50. The van der Waals surface area contributed by atoms with Crippen molar-refractivity contribution in [1.29, 1.82) is 0 Å². The standard InChI is InChI=1S/C15H21NO2/c17-9-5-1-4-8-16-15(18)14-10-12-6-2-3-7-13(12)11-14/h2-3,6-7,14,17H,1,4-5,8-11H2,(H,16,18). The van der Waals surface area contributed by atoms with Gasteiger partial charge in [-0.1, -0.05) is 24.3 Å². The molecule has 0 radical (unpaired) electrons. The van der Waals surface area contributed by atoms with Crippen LogP contribution in [0.15, 0.2) is 24.3 Å². The Hall–Kier alpha value is -1.35. The van der Waals surface area contributed by atoms with Gasteiger partial charge in [-0.05, 0) is 43.2 Å². The summed E-state index contributed by atoms with van der Waals surface area (Å²) in [7, 11) is 0. The van der Waals surface area contributed by atoms with Crippen LogP contribution in [0.1, 0.15) is 30.4 Å². The van der Waals surface area contributed by atoms with Crippen LogP contribution in [0, 0.1) is 5.92 Å². The van der Waals surface area contributed by atoms with Gasteiger partial charge in [0.2, 0.25) is 5.91 Å². The first-order valence-corrected chi connectivity index (χ1v) is 6.76. The maximum Gasteiger partial charge on any atom is 0.223 e. The number of rotatable bonds is 6. The van der Waals surface area contributed by atoms with Gasteiger partial charge in [0.1, 0.15) is 0 Å². The Kier molecular flexibility index (Phi) is 4.76. The van der Waals surface area contributed by atoms with Gasteiger partial charge in [0.15, 0.2) is 0 Å². The molecule has 0 heterocycles. The molecular weight excluding hydrogens is 226 g/mol. The number of fused-ring (bicyclic) bond motifs is 1. The van der Waals surface area contributed by atoms with Gasteiger partial charge < -0.3 is 10.4 Å². The number of unbranched alkanes of at least 4 members (excludes halogenated alkanes) is 2. The number of hydrogen-bond acceptors (Lipinski definition) is 2. The number of benzene rings is 1. The smallest absolute Gasteiger partial charge is 0.223 e. The Morgan fingerprint density at radius 1 is 1.17 bits per heavy atom. The van der Waals surface area contributed by atoms with Crippen LogP contribution in [0.4, 0.5) is 0 Å². The third-order valence-corrected chi connectivity index (χ3v) is 3.56. The molecule has 1 aromatic carbocycles. The zero-order chi connectivity index (χ0) is 12.8. The predicted molar refractivity (Wildman–Crippen MR) is 71.3 cm³/mol. The third-order valence-electron chi connectivity index (χ3n) is 3.56. The summed E-state index contributed by atoms with van der Waals surface area (Å²) in [5.74, 6) is 0.287. The molecule has 1 aromatic rings. The van der Waals surface area contributed by atoms with Crippen molar-refractivity contribution in [3.05, 3.63) is 35.4 Å². The zero-order valence-corrected chi connectivity index (χ0v) is 10.7. The molecular formula is C15H21NO2. The number of hydrogen-bond donors (Lipinski definition) is 2. The van der Waals surface area contributed by atoms with Crippen LogP contribution >= 0.6 is 0 Å². The number of aliphatic hydroxyl groups excluding tert-OH is 1. The largest absolute Gasteiger partial charge is 0.396 e. The first kappa shape index (κ1) is 13.1. The fraction of sp³-hybridized carbons (Fsp3) is 0.533. The van der Waals surface area contributed by atoms with Crippen molar-refractivity contribution in [1.82, 2.24) is 5.32 Å². The van der Waals surface area contributed by atoms with E-state index in [2.05, 4.69) is 17.4 Å². The maximum atomic E-state index is 12.0. The Balaban J connectivity index is 1.72. The molecule has 3 nitrogen and oxygen atoms in total. The monoisotopic (exact) mass is 247 g/mol. The van der Waals surface area contributed by atoms with Gasteiger partial charge in [-0.25, -0.2) is 0 Å². The van der Waals surface area contributed by atoms with E-state index < -0.39 is 0 Å². The van der Waals surface area contributed by atoms with Gasteiger partial charge in [-0.3, -0.25) is 4.79 Å². The molecule has 0 unspecified atom stereocenters. The van der Waals surface area contributed by atoms with E-state index in [4.69, 9.17) is 5.11 Å². The van der Waals surface area contributed by atoms with Crippen LogP contribution in [0.2, 0.25) is 0 Å². The zero-order valence-electron chi connectivity index (χ0n) is 10.7. The van der Waals surface area contributed by atoms with E-state index in [1.54, 1.807) is 0 Å². The normalized spacial score (nSPS) is 14.5. The summed E-state index contributed by atoms with van der Waals surface area (Å²) in [6, 6.07) is 8.30. The molecule has 98 valence electrons. The van der Waals surface area contributed by atoms with Crippen LogP contribution in [0.3, 0.4) is 0 Å². The third kappa shape index (κ3) is 3.33. The molecule has 0 saturated carbocycles. The molecule has 0 saturated heterocycles. The second-order valence-corrected chi connectivity index (χ2v) is 4.95. The highest BCUT2D eigenvalue weighted by atomic mass is 16.2. The molecule has 2 N–H and O–H groups in total. The van der Waals surface area contributed by atoms with E-state index in [-0.39, 0.29) is 18.4 Å². The van der Waals surface area contributed by atoms with Gasteiger partial charge in [-0.15, -0.1) is 0 Å². The molecule has 0 aromatic heterocycles. The second kappa shape index (κ2) is 6.55. The first-order valence-electron chi connectivity index (χ1n) is 6.76. The molecule has 3 heteroatoms. The SMILES string of the molecule is O=C(NCCCCCO)C1Cc2ccccc2C1. The lowest BCUT2D eigenvalue weighted by Gasteiger charge is -2.10. The van der Waals surface area contributed by atoms with Gasteiger partial charge in [-0.2, -0.15) is 0 Å². The molecule has 1 amide bonds. The van der Waals surface area contributed by atoms with E-state index in [9.17, 15) is 4.79 Å². The first-order chi connectivity index (χ1) is 8.81. The summed E-state index contributed by atoms with van der Waals surface area (Å²) in [5.41, 5.74) is 2.64. The number of carbonyl (C=O) groups is 1. The lowest BCUT2D eigenvalue weighted by atomic mass is 10.1. The van der Waals surface area contributed by atoms with Crippen molar-refractivity contribution in [2.75, 3.05) is 13.2 Å². The minimum Gasteiger partial charge on any atom is -0.396 e. The molecule has 1 aliphatic rings. The number of nitrogens with one attached hydrogen (secondary N) is 1. The van der Waals surface area contributed by atoms with E-state index in [0.29, 0.717) is 0 Å². The van der Waals surface area contributed by atoms with Crippen LogP contribution in [-0.4, -0.2) is 24.2 Å². The Bertz CT molecular complexity index is 378. The van der Waals surface area contributed by atoms with E-state index in [0.717, 1.165) is 38.6 Å². The molecule has 0 aliphatic heterocycles. The van der Waals surface area contributed by atoms with Gasteiger partial charge in [0.25, 0.3) is 0 Å². The van der Waals surface area contributed by atoms with Crippen LogP contribution in [0.5, 0.6) is 0 Å². The number of carbonyl (C=O) groups excluding carboxylic acids is 1. The van der Waals surface area contributed by atoms with Crippen molar-refractivity contribution in [2.24, 2.45) is 5.92 Å². The van der Waals surface area contributed by atoms with Gasteiger partial charge in [0.05, 0.1) is 0 Å². The molecule has 0 spiro atoms. The van der Waals surface area contributed by atoms with Crippen LogP contribution in [0.25, 0.3) is 0 Å². The van der Waals surface area contributed by atoms with Crippen molar-refractivity contribution in [2.45, 2.75) is 32.1 Å². The second-order valence-electron chi connectivity index (χ2n) is 4.95. The van der Waals surface area contributed by atoms with Gasteiger partial charge >= 0.3 is 0 Å². The quantitative estimate of drug-likeness (QED) is 0.751. The maximum absolute atomic E-state index is 12.0. The van der Waals surface area contributed by atoms with Crippen LogP contribution < -0.4 is 5.32 Å². The molecule has 0 atom stereocenters. The van der Waals surface area contributed by atoms with Crippen LogP contribution in [-0.2, 0) is 17.6 Å². The number of aliphatic hydroxyl groups is 1. The minimum absolute atomic E-state index is 0.111. The predicted octanol–water partition coefficient (Wildman–Crippen LogP) is 1.68. The summed E-state index contributed by atoms with van der Waals surface area (Å²) in [5, 5.41) is 11.7. The van der Waals surface area contributed by atoms with Crippen molar-refractivity contribution in [3.63, 3.8) is 0 Å². The average molecular weight is 247 g/mol. The lowest BCUT2D eigenvalue weighted by Crippen LogP contribution is -2.31. The molecule has 0 bridgehead atoms. The Morgan fingerprint density at radius 2 is 1.83 bits per heavy atom. The fourth-order valence-electron chi connectivity index (χ4n) is 2.51. The summed E-state index contributed by atoms with van der Waals surface area (Å²) >= 11 is 0. The van der Waals surface area contributed by atoms with Crippen molar-refractivity contribution in [3.8, 4) is 0 Å².